The Balaban J connectivity index is 1.67. The van der Waals surface area contributed by atoms with Crippen LogP contribution in [0.4, 0.5) is 5.69 Å². The van der Waals surface area contributed by atoms with Crippen molar-refractivity contribution in [2.45, 2.75) is 25.0 Å². The number of nitrogens with zero attached hydrogens (tertiary/aromatic N) is 3. The third-order valence-electron chi connectivity index (χ3n) is 5.59. The summed E-state index contributed by atoms with van der Waals surface area (Å²) in [5.41, 5.74) is 1.16. The zero-order valence-electron chi connectivity index (χ0n) is 14.7. The fraction of sp³-hybridized carbons (Fsp3) is 0.571. The van der Waals surface area contributed by atoms with Crippen molar-refractivity contribution in [1.29, 1.82) is 0 Å². The molecule has 0 amide bonds. The molecule has 12 nitrogen and oxygen atoms in total. The van der Waals surface area contributed by atoms with Crippen LogP contribution in [-0.4, -0.2) is 53.9 Å². The lowest BCUT2D eigenvalue weighted by molar-refractivity contribution is 0.0499. The molecule has 2 aliphatic rings. The summed E-state index contributed by atoms with van der Waals surface area (Å²) in [6.07, 6.45) is 3.00. The van der Waals surface area contributed by atoms with E-state index in [-0.39, 0.29) is 25.0 Å². The number of hydrogen-bond acceptors (Lipinski definition) is 7. The smallest absolute Gasteiger partial charge is 0.386 e. The van der Waals surface area contributed by atoms with Gasteiger partial charge in [0.15, 0.2) is 5.65 Å². The summed E-state index contributed by atoms with van der Waals surface area (Å²) in [4.78, 5) is 45.4. The molecule has 2 aliphatic carbocycles. The molecule has 0 unspecified atom stereocenters. The maximum atomic E-state index is 11.4. The summed E-state index contributed by atoms with van der Waals surface area (Å²) in [6.45, 7) is -0.356. The van der Waals surface area contributed by atoms with Crippen LogP contribution in [0.5, 0.6) is 0 Å². The average molecular weight is 434 g/mol. The Morgan fingerprint density at radius 3 is 2.68 bits per heavy atom. The number of imidazole rings is 1. The molecule has 2 fully saturated rings. The minimum atomic E-state index is -4.80. The van der Waals surface area contributed by atoms with Gasteiger partial charge in [-0.3, -0.25) is 9.05 Å². The molecular formula is C14H20N4O8P2. The zero-order valence-corrected chi connectivity index (χ0v) is 16.5. The number of nitrogens with one attached hydrogen (secondary N) is 1. The van der Waals surface area contributed by atoms with Gasteiger partial charge in [0.05, 0.1) is 24.7 Å². The Labute approximate surface area is 159 Å². The second-order valence-corrected chi connectivity index (χ2v) is 9.56. The second kappa shape index (κ2) is 6.58. The Hall–Kier alpha value is -1.36. The first kappa shape index (κ1) is 19.9. The van der Waals surface area contributed by atoms with Gasteiger partial charge in [-0.25, -0.2) is 19.1 Å². The predicted molar refractivity (Wildman–Crippen MR) is 96.2 cm³/mol. The summed E-state index contributed by atoms with van der Waals surface area (Å²) < 4.78 is 34.0. The van der Waals surface area contributed by atoms with Gasteiger partial charge in [0.25, 0.3) is 0 Å². The Bertz CT molecular complexity index is 1000. The standard InChI is InChI=1S/C14H20N4O8P2/c1-15-9-2-3-16-13-12(9)17-7-18(13)10-4-11(26-28(22,23)24)14(5-8(10)14)6-25-27(19,20)21/h2-3,7-8,10-11H,4-6H2,1H3,(H,15,16)(H2,19,20,21)(H2,22,23,24)/t8-,10+,11+,14+/m1/s1. The lowest BCUT2D eigenvalue weighted by Crippen LogP contribution is -2.26. The number of hydrogen-bond donors (Lipinski definition) is 5. The highest BCUT2D eigenvalue weighted by atomic mass is 31.2. The van der Waals surface area contributed by atoms with Crippen molar-refractivity contribution in [3.63, 3.8) is 0 Å². The molecule has 0 saturated heterocycles. The lowest BCUT2D eigenvalue weighted by atomic mass is 10.0. The van der Waals surface area contributed by atoms with Crippen molar-refractivity contribution < 1.29 is 37.8 Å². The molecule has 5 N–H and O–H groups in total. The third-order valence-corrected chi connectivity index (χ3v) is 6.59. The van der Waals surface area contributed by atoms with Crippen molar-refractivity contribution in [3.8, 4) is 0 Å². The highest BCUT2D eigenvalue weighted by Gasteiger charge is 2.69. The van der Waals surface area contributed by atoms with Crippen LogP contribution < -0.4 is 5.32 Å². The van der Waals surface area contributed by atoms with Crippen molar-refractivity contribution in [1.82, 2.24) is 14.5 Å². The number of pyridine rings is 1. The molecule has 2 saturated carbocycles. The van der Waals surface area contributed by atoms with Gasteiger partial charge >= 0.3 is 15.6 Å². The number of fused-ring (bicyclic) bond motifs is 2. The molecule has 0 aliphatic heterocycles. The van der Waals surface area contributed by atoms with E-state index in [1.54, 1.807) is 25.6 Å². The fourth-order valence-electron chi connectivity index (χ4n) is 4.32. The Morgan fingerprint density at radius 1 is 1.29 bits per heavy atom. The molecule has 2 aromatic heterocycles. The van der Waals surface area contributed by atoms with Crippen molar-refractivity contribution in [2.75, 3.05) is 19.0 Å². The number of phosphoric ester groups is 2. The molecule has 14 heteroatoms. The normalized spacial score (nSPS) is 29.8. The lowest BCUT2D eigenvalue weighted by Gasteiger charge is -2.24. The molecule has 4 atom stereocenters. The second-order valence-electron chi connectivity index (χ2n) is 7.13. The number of anilines is 1. The van der Waals surface area contributed by atoms with E-state index in [1.165, 1.54) is 0 Å². The SMILES string of the molecule is CNc1ccnc2c1ncn2[C@H]1C[C@H](OP(=O)(O)O)[C@]2(COP(=O)(O)O)C[C@H]12. The van der Waals surface area contributed by atoms with E-state index in [1.807, 2.05) is 4.57 Å². The molecular weight excluding hydrogens is 414 g/mol. The van der Waals surface area contributed by atoms with E-state index in [4.69, 9.17) is 14.3 Å². The van der Waals surface area contributed by atoms with Gasteiger partial charge in [-0.15, -0.1) is 0 Å². The number of phosphoric acid groups is 2. The van der Waals surface area contributed by atoms with Gasteiger partial charge in [-0.2, -0.15) is 0 Å². The molecule has 154 valence electrons. The van der Waals surface area contributed by atoms with Crippen LogP contribution in [0.1, 0.15) is 18.9 Å². The zero-order chi connectivity index (χ0) is 20.3. The van der Waals surface area contributed by atoms with Crippen LogP contribution in [0.3, 0.4) is 0 Å². The monoisotopic (exact) mass is 434 g/mol. The molecule has 0 spiro atoms. The van der Waals surface area contributed by atoms with Gasteiger partial charge in [0.2, 0.25) is 0 Å². The molecule has 0 radical (unpaired) electrons. The molecule has 2 aromatic rings. The van der Waals surface area contributed by atoms with Crippen LogP contribution in [0.2, 0.25) is 0 Å². The quantitative estimate of drug-likeness (QED) is 0.393. The topological polar surface area (TPSA) is 176 Å². The van der Waals surface area contributed by atoms with E-state index >= 15 is 0 Å². The highest BCUT2D eigenvalue weighted by molar-refractivity contribution is 7.46. The van der Waals surface area contributed by atoms with E-state index in [0.717, 1.165) is 5.69 Å². The van der Waals surface area contributed by atoms with Crippen molar-refractivity contribution in [3.05, 3.63) is 18.6 Å². The van der Waals surface area contributed by atoms with Crippen molar-refractivity contribution >= 4 is 32.5 Å². The van der Waals surface area contributed by atoms with Gasteiger partial charge in [-0.05, 0) is 24.8 Å². The van der Waals surface area contributed by atoms with Crippen LogP contribution in [0.25, 0.3) is 11.2 Å². The molecule has 2 heterocycles. The Morgan fingerprint density at radius 2 is 2.04 bits per heavy atom. The summed E-state index contributed by atoms with van der Waals surface area (Å²) in [6, 6.07) is 1.53. The van der Waals surface area contributed by atoms with Crippen LogP contribution in [0.15, 0.2) is 18.6 Å². The van der Waals surface area contributed by atoms with Crippen LogP contribution in [-0.2, 0) is 18.2 Å². The summed E-state index contributed by atoms with van der Waals surface area (Å²) in [5, 5.41) is 3.03. The van der Waals surface area contributed by atoms with E-state index in [9.17, 15) is 18.9 Å². The number of rotatable bonds is 7. The van der Waals surface area contributed by atoms with Crippen LogP contribution in [0, 0.1) is 11.3 Å². The van der Waals surface area contributed by atoms with E-state index in [2.05, 4.69) is 19.8 Å². The maximum absolute atomic E-state index is 11.4. The maximum Gasteiger partial charge on any atom is 0.469 e. The first-order valence-electron chi connectivity index (χ1n) is 8.47. The van der Waals surface area contributed by atoms with E-state index < -0.39 is 27.2 Å². The largest absolute Gasteiger partial charge is 0.469 e. The van der Waals surface area contributed by atoms with Gasteiger partial charge in [0.1, 0.15) is 5.52 Å². The molecule has 0 bridgehead atoms. The first-order chi connectivity index (χ1) is 13.0. The molecule has 4 rings (SSSR count). The van der Waals surface area contributed by atoms with Crippen molar-refractivity contribution in [2.24, 2.45) is 11.3 Å². The summed E-state index contributed by atoms with van der Waals surface area (Å²) in [7, 11) is -7.77. The third kappa shape index (κ3) is 3.51. The van der Waals surface area contributed by atoms with Gasteiger partial charge < -0.3 is 29.5 Å². The van der Waals surface area contributed by atoms with Gasteiger partial charge in [-0.1, -0.05) is 0 Å². The van der Waals surface area contributed by atoms with Gasteiger partial charge in [0, 0.05) is 24.7 Å². The van der Waals surface area contributed by atoms with E-state index in [0.29, 0.717) is 17.6 Å². The Kier molecular flexibility index (Phi) is 4.68. The molecule has 0 aromatic carbocycles. The predicted octanol–water partition coefficient (Wildman–Crippen LogP) is 1.01. The highest BCUT2D eigenvalue weighted by Crippen LogP contribution is 2.71. The first-order valence-corrected chi connectivity index (χ1v) is 11.5. The fourth-order valence-corrected chi connectivity index (χ4v) is 5.36. The summed E-state index contributed by atoms with van der Waals surface area (Å²) in [5.74, 6) is -0.145. The molecule has 28 heavy (non-hydrogen) atoms. The number of aromatic nitrogens is 3. The average Bonchev–Trinajstić information content (AvgIpc) is 3.05. The minimum Gasteiger partial charge on any atom is -0.386 e. The summed E-state index contributed by atoms with van der Waals surface area (Å²) >= 11 is 0. The van der Waals surface area contributed by atoms with Crippen LogP contribution >= 0.6 is 15.6 Å². The minimum absolute atomic E-state index is 0.145.